The fourth-order valence-corrected chi connectivity index (χ4v) is 10.9. The highest BCUT2D eigenvalue weighted by Crippen LogP contribution is 2.48. The van der Waals surface area contributed by atoms with Crippen LogP contribution in [0.3, 0.4) is 0 Å². The van der Waals surface area contributed by atoms with Gasteiger partial charge >= 0.3 is 0 Å². The standard InChI is InChI=1S/C31H36ClN2O2Si/c1-35-26-8-4-9-27(36-2)31(26)30-24-12-10-22(33-15-6-16-33)20-28(24)37(3,19-5-14-32)29-21-23(11-13-25(29)30)34-17-7-18-34/h4,8-13,20-21H,5-7,14-19H2,1-3H3/q+1. The summed E-state index contributed by atoms with van der Waals surface area (Å²) in [5.41, 5.74) is 7.60. The van der Waals surface area contributed by atoms with Crippen molar-refractivity contribution in [3.8, 4) is 11.5 Å². The summed E-state index contributed by atoms with van der Waals surface area (Å²) in [6, 6.07) is 14.4. The average molecular weight is 532 g/mol. The Morgan fingerprint density at radius 3 is 2.35 bits per heavy atom. The van der Waals surface area contributed by atoms with Crippen molar-refractivity contribution < 1.29 is 14.0 Å². The van der Waals surface area contributed by atoms with Crippen LogP contribution in [0.1, 0.15) is 30.4 Å². The molecule has 1 aliphatic carbocycles. The van der Waals surface area contributed by atoms with Crippen LogP contribution in [0.25, 0.3) is 5.57 Å². The second-order valence-electron chi connectivity index (χ2n) is 10.7. The lowest BCUT2D eigenvalue weighted by Crippen LogP contribution is -2.53. The molecule has 0 aromatic heterocycles. The molecule has 1 unspecified atom stereocenters. The van der Waals surface area contributed by atoms with Crippen LogP contribution in [0, 0.1) is 0 Å². The highest BCUT2D eigenvalue weighted by Gasteiger charge is 2.44. The minimum atomic E-state index is -2.10. The van der Waals surface area contributed by atoms with Crippen LogP contribution in [0.4, 0.5) is 5.69 Å². The molecule has 3 aliphatic heterocycles. The van der Waals surface area contributed by atoms with E-state index in [1.807, 2.05) is 18.2 Å². The molecule has 2 fully saturated rings. The maximum Gasteiger partial charge on any atom is 0.199 e. The normalized spacial score (nSPS) is 22.2. The lowest BCUT2D eigenvalue weighted by molar-refractivity contribution is -0.582. The quantitative estimate of drug-likeness (QED) is 0.266. The number of alkyl halides is 1. The molecule has 192 valence electrons. The second kappa shape index (κ2) is 9.84. The van der Waals surface area contributed by atoms with Crippen LogP contribution in [0.2, 0.25) is 12.6 Å². The fraction of sp³-hybridized carbons (Fsp3) is 0.387. The number of rotatable bonds is 7. The molecule has 4 nitrogen and oxygen atoms in total. The average Bonchev–Trinajstić information content (AvgIpc) is 2.86. The number of ether oxygens (including phenoxy) is 2. The summed E-state index contributed by atoms with van der Waals surface area (Å²) >= 11 is 6.33. The van der Waals surface area contributed by atoms with Gasteiger partial charge in [0, 0.05) is 42.4 Å². The largest absolute Gasteiger partial charge is 0.496 e. The molecular weight excluding hydrogens is 496 g/mol. The SMILES string of the molecule is COc1cccc(OC)c1C1=C2C=CC(=[N+]3CCC3)C=C2[Si](C)(CCCCl)c2cc(N3CCC3)ccc21. The molecule has 0 saturated carbocycles. The maximum absolute atomic E-state index is 6.33. The van der Waals surface area contributed by atoms with Gasteiger partial charge in [0.05, 0.1) is 26.2 Å². The number of hydrogen-bond acceptors (Lipinski definition) is 3. The van der Waals surface area contributed by atoms with E-state index in [0.717, 1.165) is 55.7 Å². The van der Waals surface area contributed by atoms with E-state index in [1.54, 1.807) is 14.2 Å². The molecule has 6 rings (SSSR count). The summed E-state index contributed by atoms with van der Waals surface area (Å²) in [7, 11) is 1.40. The Hall–Kier alpha value is -2.76. The fourth-order valence-electron chi connectivity index (χ4n) is 6.30. The first-order chi connectivity index (χ1) is 18.1. The highest BCUT2D eigenvalue weighted by atomic mass is 35.5. The molecule has 0 amide bonds. The predicted octanol–water partition coefficient (Wildman–Crippen LogP) is 5.54. The maximum atomic E-state index is 6.33. The first-order valence-corrected chi connectivity index (χ1v) is 16.8. The molecule has 0 radical (unpaired) electrons. The Bertz CT molecular complexity index is 1340. The predicted molar refractivity (Wildman–Crippen MR) is 157 cm³/mol. The summed E-state index contributed by atoms with van der Waals surface area (Å²) < 4.78 is 14.4. The van der Waals surface area contributed by atoms with Crippen molar-refractivity contribution in [2.75, 3.05) is 51.2 Å². The number of halogens is 1. The zero-order valence-corrected chi connectivity index (χ0v) is 23.9. The number of benzene rings is 2. The Morgan fingerprint density at radius 1 is 1.00 bits per heavy atom. The third-order valence-electron chi connectivity index (χ3n) is 8.66. The number of fused-ring (bicyclic) bond motifs is 2. The third kappa shape index (κ3) is 3.98. The third-order valence-corrected chi connectivity index (χ3v) is 13.5. The van der Waals surface area contributed by atoms with E-state index in [1.165, 1.54) is 51.3 Å². The number of methoxy groups -OCH3 is 2. The topological polar surface area (TPSA) is 24.7 Å². The van der Waals surface area contributed by atoms with E-state index in [0.29, 0.717) is 5.88 Å². The molecule has 3 heterocycles. The number of hydrogen-bond donors (Lipinski definition) is 0. The molecule has 0 N–H and O–H groups in total. The Balaban J connectivity index is 1.67. The van der Waals surface area contributed by atoms with Gasteiger partial charge in [-0.05, 0) is 70.7 Å². The molecule has 37 heavy (non-hydrogen) atoms. The summed E-state index contributed by atoms with van der Waals surface area (Å²) in [5.74, 6) is 2.38. The van der Waals surface area contributed by atoms with Gasteiger partial charge in [-0.25, -0.2) is 4.58 Å². The molecule has 2 aromatic rings. The van der Waals surface area contributed by atoms with E-state index < -0.39 is 8.07 Å². The van der Waals surface area contributed by atoms with Gasteiger partial charge in [0.25, 0.3) is 0 Å². The molecule has 2 aromatic carbocycles. The van der Waals surface area contributed by atoms with Crippen LogP contribution < -0.4 is 19.6 Å². The lowest BCUT2D eigenvalue weighted by atomic mass is 9.88. The summed E-state index contributed by atoms with van der Waals surface area (Å²) in [6.07, 6.45) is 10.8. The van der Waals surface area contributed by atoms with Gasteiger partial charge < -0.3 is 14.4 Å². The van der Waals surface area contributed by atoms with E-state index in [-0.39, 0.29) is 0 Å². The summed E-state index contributed by atoms with van der Waals surface area (Å²) in [6.45, 7) is 7.14. The van der Waals surface area contributed by atoms with E-state index in [4.69, 9.17) is 21.1 Å². The Kier molecular flexibility index (Phi) is 6.54. The first kappa shape index (κ1) is 24.6. The van der Waals surface area contributed by atoms with Crippen LogP contribution in [-0.2, 0) is 0 Å². The van der Waals surface area contributed by atoms with Gasteiger partial charge in [-0.15, -0.1) is 11.6 Å². The molecule has 2 saturated heterocycles. The summed E-state index contributed by atoms with van der Waals surface area (Å²) in [4.78, 5) is 2.51. The van der Waals surface area contributed by atoms with Crippen LogP contribution in [-0.4, -0.2) is 64.6 Å². The zero-order chi connectivity index (χ0) is 25.6. The van der Waals surface area contributed by atoms with Crippen molar-refractivity contribution in [1.82, 2.24) is 0 Å². The molecule has 0 spiro atoms. The summed E-state index contributed by atoms with van der Waals surface area (Å²) in [5, 5.41) is 3.02. The molecule has 0 bridgehead atoms. The highest BCUT2D eigenvalue weighted by molar-refractivity contribution is 6.99. The lowest BCUT2D eigenvalue weighted by Gasteiger charge is -2.42. The van der Waals surface area contributed by atoms with E-state index >= 15 is 0 Å². The van der Waals surface area contributed by atoms with Crippen LogP contribution in [0.15, 0.2) is 65.4 Å². The van der Waals surface area contributed by atoms with Crippen molar-refractivity contribution in [3.63, 3.8) is 0 Å². The Labute approximate surface area is 226 Å². The van der Waals surface area contributed by atoms with Crippen molar-refractivity contribution in [2.45, 2.75) is 31.9 Å². The molecule has 6 heteroatoms. The van der Waals surface area contributed by atoms with E-state index in [2.05, 4.69) is 52.4 Å². The minimum absolute atomic E-state index is 0.696. The monoisotopic (exact) mass is 531 g/mol. The van der Waals surface area contributed by atoms with Gasteiger partial charge in [-0.1, -0.05) is 18.7 Å². The number of anilines is 1. The molecule has 1 atom stereocenters. The van der Waals surface area contributed by atoms with Crippen LogP contribution in [0.5, 0.6) is 11.5 Å². The van der Waals surface area contributed by atoms with Gasteiger partial charge in [-0.2, -0.15) is 0 Å². The zero-order valence-electron chi connectivity index (χ0n) is 22.1. The smallest absolute Gasteiger partial charge is 0.199 e. The minimum Gasteiger partial charge on any atom is -0.496 e. The van der Waals surface area contributed by atoms with Gasteiger partial charge in [0.1, 0.15) is 32.7 Å². The van der Waals surface area contributed by atoms with Gasteiger partial charge in [0.15, 0.2) is 5.71 Å². The van der Waals surface area contributed by atoms with E-state index in [9.17, 15) is 0 Å². The van der Waals surface area contributed by atoms with Crippen molar-refractivity contribution in [2.24, 2.45) is 0 Å². The van der Waals surface area contributed by atoms with Crippen molar-refractivity contribution in [1.29, 1.82) is 0 Å². The molecular formula is C31H36ClN2O2Si+. The van der Waals surface area contributed by atoms with Crippen LogP contribution >= 0.6 is 11.6 Å². The second-order valence-corrected chi connectivity index (χ2v) is 15.3. The van der Waals surface area contributed by atoms with Crippen molar-refractivity contribution in [3.05, 3.63) is 76.5 Å². The molecule has 4 aliphatic rings. The Morgan fingerprint density at radius 2 is 1.76 bits per heavy atom. The van der Waals surface area contributed by atoms with Gasteiger partial charge in [-0.3, -0.25) is 0 Å². The first-order valence-electron chi connectivity index (χ1n) is 13.5. The number of nitrogens with zero attached hydrogens (tertiary/aromatic N) is 2. The van der Waals surface area contributed by atoms with Crippen molar-refractivity contribution >= 4 is 41.8 Å². The van der Waals surface area contributed by atoms with Gasteiger partial charge in [0.2, 0.25) is 0 Å². The number of allylic oxidation sites excluding steroid dienone is 5.